The lowest BCUT2D eigenvalue weighted by Crippen LogP contribution is -2.63. The molecular weight excluding hydrogens is 236 g/mol. The standard InChI is InChI=1S/C12H20N2O4/c1-12(2)8(7-9(12)13-11(16)17)10(15)14-3-5-18-6-4-14/h8-9,13H,3-7H2,1-2H3,(H,16,17)/t8-,9-/m0/s1. The number of amides is 2. The van der Waals surface area contributed by atoms with Gasteiger partial charge in [-0.15, -0.1) is 0 Å². The minimum atomic E-state index is -1.02. The van der Waals surface area contributed by atoms with Gasteiger partial charge in [0.05, 0.1) is 13.2 Å². The number of hydrogen-bond acceptors (Lipinski definition) is 3. The Morgan fingerprint density at radius 1 is 1.33 bits per heavy atom. The molecule has 2 amide bonds. The molecule has 0 aromatic heterocycles. The molecule has 0 radical (unpaired) electrons. The summed E-state index contributed by atoms with van der Waals surface area (Å²) in [6.07, 6.45) is -0.430. The lowest BCUT2D eigenvalue weighted by Gasteiger charge is -2.52. The molecule has 0 spiro atoms. The summed E-state index contributed by atoms with van der Waals surface area (Å²) in [6, 6.07) is -0.134. The van der Waals surface area contributed by atoms with E-state index >= 15 is 0 Å². The third-order valence-electron chi connectivity index (χ3n) is 4.19. The molecule has 0 aromatic carbocycles. The minimum absolute atomic E-state index is 0.0903. The molecule has 1 saturated carbocycles. The Balaban J connectivity index is 1.94. The Kier molecular flexibility index (Phi) is 3.47. The molecule has 1 aliphatic carbocycles. The number of carbonyl (C=O) groups excluding carboxylic acids is 1. The van der Waals surface area contributed by atoms with Crippen LogP contribution in [0.25, 0.3) is 0 Å². The third kappa shape index (κ3) is 2.29. The number of hydrogen-bond donors (Lipinski definition) is 2. The predicted molar refractivity (Wildman–Crippen MR) is 64.2 cm³/mol. The summed E-state index contributed by atoms with van der Waals surface area (Å²) >= 11 is 0. The first-order chi connectivity index (χ1) is 8.43. The molecule has 1 heterocycles. The van der Waals surface area contributed by atoms with E-state index in [1.807, 2.05) is 18.7 Å². The van der Waals surface area contributed by atoms with Gasteiger partial charge in [0.1, 0.15) is 0 Å². The van der Waals surface area contributed by atoms with Crippen molar-refractivity contribution < 1.29 is 19.4 Å². The summed E-state index contributed by atoms with van der Waals surface area (Å²) in [7, 11) is 0. The monoisotopic (exact) mass is 256 g/mol. The maximum absolute atomic E-state index is 12.3. The second kappa shape index (κ2) is 4.76. The summed E-state index contributed by atoms with van der Waals surface area (Å²) in [4.78, 5) is 24.8. The number of morpholine rings is 1. The van der Waals surface area contributed by atoms with Crippen molar-refractivity contribution >= 4 is 12.0 Å². The van der Waals surface area contributed by atoms with Crippen molar-refractivity contribution in [2.45, 2.75) is 26.3 Å². The SMILES string of the molecule is CC1(C)[C@@H](NC(=O)O)C[C@H]1C(=O)N1CCOCC1. The first-order valence-corrected chi connectivity index (χ1v) is 6.29. The van der Waals surface area contributed by atoms with Gasteiger partial charge in [0.25, 0.3) is 0 Å². The maximum Gasteiger partial charge on any atom is 0.404 e. The Bertz CT molecular complexity index is 350. The largest absolute Gasteiger partial charge is 0.465 e. The normalized spacial score (nSPS) is 30.4. The van der Waals surface area contributed by atoms with Gasteiger partial charge < -0.3 is 20.1 Å². The van der Waals surface area contributed by atoms with Crippen LogP contribution in [0.3, 0.4) is 0 Å². The zero-order valence-corrected chi connectivity index (χ0v) is 10.8. The van der Waals surface area contributed by atoms with Crippen LogP contribution in [-0.2, 0) is 9.53 Å². The number of ether oxygens (including phenoxy) is 1. The van der Waals surface area contributed by atoms with Gasteiger partial charge in [-0.05, 0) is 11.8 Å². The predicted octanol–water partition coefficient (Wildman–Crippen LogP) is 0.527. The van der Waals surface area contributed by atoms with E-state index in [1.54, 1.807) is 0 Å². The molecular formula is C12H20N2O4. The van der Waals surface area contributed by atoms with Gasteiger partial charge in [-0.1, -0.05) is 13.8 Å². The quantitative estimate of drug-likeness (QED) is 0.755. The molecule has 102 valence electrons. The maximum atomic E-state index is 12.3. The Morgan fingerprint density at radius 2 is 1.94 bits per heavy atom. The number of carboxylic acid groups (broad SMARTS) is 1. The van der Waals surface area contributed by atoms with Crippen molar-refractivity contribution in [3.05, 3.63) is 0 Å². The second-order valence-electron chi connectivity index (χ2n) is 5.55. The molecule has 18 heavy (non-hydrogen) atoms. The van der Waals surface area contributed by atoms with Gasteiger partial charge in [0.2, 0.25) is 5.91 Å². The Hall–Kier alpha value is -1.30. The van der Waals surface area contributed by atoms with Crippen molar-refractivity contribution in [1.82, 2.24) is 10.2 Å². The first kappa shape index (κ1) is 13.1. The molecule has 0 bridgehead atoms. The highest BCUT2D eigenvalue weighted by Crippen LogP contribution is 2.47. The van der Waals surface area contributed by atoms with Gasteiger partial charge in [-0.25, -0.2) is 4.79 Å². The van der Waals surface area contributed by atoms with E-state index in [-0.39, 0.29) is 23.3 Å². The van der Waals surface area contributed by atoms with Crippen molar-refractivity contribution in [3.63, 3.8) is 0 Å². The van der Waals surface area contributed by atoms with Crippen LogP contribution in [0.4, 0.5) is 4.79 Å². The third-order valence-corrected chi connectivity index (χ3v) is 4.19. The number of carbonyl (C=O) groups is 2. The molecule has 6 nitrogen and oxygen atoms in total. The molecule has 2 rings (SSSR count). The fourth-order valence-corrected chi connectivity index (χ4v) is 2.74. The van der Waals surface area contributed by atoms with Crippen LogP contribution in [0.15, 0.2) is 0 Å². The van der Waals surface area contributed by atoms with Crippen LogP contribution in [0.5, 0.6) is 0 Å². The van der Waals surface area contributed by atoms with Crippen LogP contribution >= 0.6 is 0 Å². The van der Waals surface area contributed by atoms with Crippen molar-refractivity contribution in [2.75, 3.05) is 26.3 Å². The van der Waals surface area contributed by atoms with Crippen LogP contribution < -0.4 is 5.32 Å². The topological polar surface area (TPSA) is 78.9 Å². The number of rotatable bonds is 2. The lowest BCUT2D eigenvalue weighted by atomic mass is 9.58. The Morgan fingerprint density at radius 3 is 2.44 bits per heavy atom. The molecule has 6 heteroatoms. The fraction of sp³-hybridized carbons (Fsp3) is 0.833. The van der Waals surface area contributed by atoms with Gasteiger partial charge in [-0.3, -0.25) is 4.79 Å². The molecule has 0 aromatic rings. The van der Waals surface area contributed by atoms with E-state index in [1.165, 1.54) is 0 Å². The molecule has 2 fully saturated rings. The molecule has 2 atom stereocenters. The van der Waals surface area contributed by atoms with E-state index in [2.05, 4.69) is 5.32 Å². The van der Waals surface area contributed by atoms with E-state index < -0.39 is 6.09 Å². The van der Waals surface area contributed by atoms with Gasteiger partial charge in [-0.2, -0.15) is 0 Å². The zero-order chi connectivity index (χ0) is 13.3. The van der Waals surface area contributed by atoms with Crippen molar-refractivity contribution in [3.8, 4) is 0 Å². The van der Waals surface area contributed by atoms with E-state index in [0.717, 1.165) is 0 Å². The van der Waals surface area contributed by atoms with Crippen LogP contribution in [0.1, 0.15) is 20.3 Å². The molecule has 2 N–H and O–H groups in total. The van der Waals surface area contributed by atoms with Crippen LogP contribution in [0.2, 0.25) is 0 Å². The molecule has 0 unspecified atom stereocenters. The summed E-state index contributed by atoms with van der Waals surface area (Å²) in [5.74, 6) is 0.0409. The smallest absolute Gasteiger partial charge is 0.404 e. The van der Waals surface area contributed by atoms with E-state index in [4.69, 9.17) is 9.84 Å². The summed E-state index contributed by atoms with van der Waals surface area (Å²) in [5.41, 5.74) is -0.312. The summed E-state index contributed by atoms with van der Waals surface area (Å²) < 4.78 is 5.22. The fourth-order valence-electron chi connectivity index (χ4n) is 2.74. The molecule has 2 aliphatic rings. The highest BCUT2D eigenvalue weighted by atomic mass is 16.5. The lowest BCUT2D eigenvalue weighted by molar-refractivity contribution is -0.152. The molecule has 1 saturated heterocycles. The second-order valence-corrected chi connectivity index (χ2v) is 5.55. The van der Waals surface area contributed by atoms with Crippen LogP contribution in [0, 0.1) is 11.3 Å². The summed E-state index contributed by atoms with van der Waals surface area (Å²) in [6.45, 7) is 6.36. The van der Waals surface area contributed by atoms with Gasteiger partial charge >= 0.3 is 6.09 Å². The highest BCUT2D eigenvalue weighted by Gasteiger charge is 2.53. The highest BCUT2D eigenvalue weighted by molar-refractivity contribution is 5.81. The summed E-state index contributed by atoms with van der Waals surface area (Å²) in [5, 5.41) is 11.2. The zero-order valence-electron chi connectivity index (χ0n) is 10.8. The number of nitrogens with one attached hydrogen (secondary N) is 1. The van der Waals surface area contributed by atoms with Gasteiger partial charge in [0, 0.05) is 25.0 Å². The van der Waals surface area contributed by atoms with Crippen molar-refractivity contribution in [2.24, 2.45) is 11.3 Å². The first-order valence-electron chi connectivity index (χ1n) is 6.29. The average molecular weight is 256 g/mol. The van der Waals surface area contributed by atoms with Gasteiger partial charge in [0.15, 0.2) is 0 Å². The van der Waals surface area contributed by atoms with Crippen LogP contribution in [-0.4, -0.2) is 54.4 Å². The Labute approximate surface area is 106 Å². The number of nitrogens with zero attached hydrogens (tertiary/aromatic N) is 1. The van der Waals surface area contributed by atoms with E-state index in [0.29, 0.717) is 32.7 Å². The molecule has 1 aliphatic heterocycles. The average Bonchev–Trinajstić information content (AvgIpc) is 2.34. The van der Waals surface area contributed by atoms with E-state index in [9.17, 15) is 9.59 Å². The minimum Gasteiger partial charge on any atom is -0.465 e. The van der Waals surface area contributed by atoms with Crippen molar-refractivity contribution in [1.29, 1.82) is 0 Å².